The molecular formula is C12H15NO4. The first-order chi connectivity index (χ1) is 8.04. The van der Waals surface area contributed by atoms with Crippen molar-refractivity contribution >= 4 is 6.09 Å². The van der Waals surface area contributed by atoms with E-state index in [0.717, 1.165) is 4.90 Å². The highest BCUT2D eigenvalue weighted by Crippen LogP contribution is 2.32. The Morgan fingerprint density at radius 3 is 2.53 bits per heavy atom. The number of nitrogens with zero attached hydrogens (tertiary/aromatic N) is 1. The molecule has 92 valence electrons. The number of hydrogen-bond acceptors (Lipinski definition) is 3. The molecule has 0 unspecified atom stereocenters. The van der Waals surface area contributed by atoms with E-state index in [-0.39, 0.29) is 19.5 Å². The van der Waals surface area contributed by atoms with Crippen LogP contribution in [0.2, 0.25) is 0 Å². The maximum atomic E-state index is 10.8. The van der Waals surface area contributed by atoms with Gasteiger partial charge in [0.2, 0.25) is 0 Å². The van der Waals surface area contributed by atoms with Gasteiger partial charge in [0, 0.05) is 13.0 Å². The zero-order valence-corrected chi connectivity index (χ0v) is 9.28. The predicted octanol–water partition coefficient (Wildman–Crippen LogP) is 0.619. The van der Waals surface area contributed by atoms with Gasteiger partial charge in [-0.2, -0.15) is 0 Å². The third-order valence-corrected chi connectivity index (χ3v) is 3.25. The van der Waals surface area contributed by atoms with Gasteiger partial charge in [-0.25, -0.2) is 4.79 Å². The summed E-state index contributed by atoms with van der Waals surface area (Å²) in [6.07, 6.45) is -1.97. The smallest absolute Gasteiger partial charge is 0.407 e. The van der Waals surface area contributed by atoms with Crippen LogP contribution in [0.3, 0.4) is 0 Å². The number of piperidine rings is 1. The van der Waals surface area contributed by atoms with Crippen molar-refractivity contribution < 1.29 is 20.1 Å². The molecule has 1 aromatic rings. The zero-order chi connectivity index (χ0) is 12.5. The second-order valence-corrected chi connectivity index (χ2v) is 4.28. The van der Waals surface area contributed by atoms with Crippen LogP contribution < -0.4 is 0 Å². The number of likely N-dealkylation sites (tertiary alicyclic amines) is 1. The fourth-order valence-electron chi connectivity index (χ4n) is 2.16. The first-order valence-electron chi connectivity index (χ1n) is 5.48. The molecule has 0 saturated carbocycles. The van der Waals surface area contributed by atoms with Crippen LogP contribution in [0.5, 0.6) is 0 Å². The Kier molecular flexibility index (Phi) is 3.04. The molecule has 5 nitrogen and oxygen atoms in total. The quantitative estimate of drug-likeness (QED) is 0.668. The van der Waals surface area contributed by atoms with E-state index in [1.165, 1.54) is 0 Å². The molecule has 1 amide bonds. The molecule has 0 aromatic heterocycles. The molecule has 1 saturated heterocycles. The number of amides is 1. The van der Waals surface area contributed by atoms with Crippen LogP contribution in [0.4, 0.5) is 4.79 Å². The van der Waals surface area contributed by atoms with E-state index in [0.29, 0.717) is 5.56 Å². The van der Waals surface area contributed by atoms with Crippen LogP contribution in [0.1, 0.15) is 12.0 Å². The first kappa shape index (κ1) is 11.9. The number of aliphatic hydroxyl groups is 2. The zero-order valence-electron chi connectivity index (χ0n) is 9.28. The minimum Gasteiger partial charge on any atom is -0.465 e. The normalized spacial score (nSPS) is 29.1. The second-order valence-electron chi connectivity index (χ2n) is 4.28. The average molecular weight is 237 g/mol. The van der Waals surface area contributed by atoms with E-state index >= 15 is 0 Å². The van der Waals surface area contributed by atoms with Gasteiger partial charge >= 0.3 is 6.09 Å². The Hall–Kier alpha value is -1.59. The summed E-state index contributed by atoms with van der Waals surface area (Å²) in [7, 11) is 0. The lowest BCUT2D eigenvalue weighted by atomic mass is 9.82. The summed E-state index contributed by atoms with van der Waals surface area (Å²) in [6, 6.07) is 8.86. The molecule has 1 heterocycles. The summed E-state index contributed by atoms with van der Waals surface area (Å²) in [4.78, 5) is 11.9. The largest absolute Gasteiger partial charge is 0.465 e. The minimum atomic E-state index is -1.35. The summed E-state index contributed by atoms with van der Waals surface area (Å²) in [5.41, 5.74) is -0.731. The fourth-order valence-corrected chi connectivity index (χ4v) is 2.16. The number of β-amino-alcohol motifs (C(OH)–C–C–N with tert-alkyl or cyclic N) is 1. The molecule has 0 radical (unpaired) electrons. The molecule has 0 spiro atoms. The Morgan fingerprint density at radius 1 is 1.35 bits per heavy atom. The number of aliphatic hydroxyl groups excluding tert-OH is 1. The molecule has 3 N–H and O–H groups in total. The predicted molar refractivity (Wildman–Crippen MR) is 60.6 cm³/mol. The van der Waals surface area contributed by atoms with Crippen LogP contribution in [0, 0.1) is 0 Å². The average Bonchev–Trinajstić information content (AvgIpc) is 2.33. The van der Waals surface area contributed by atoms with Crippen LogP contribution >= 0.6 is 0 Å². The minimum absolute atomic E-state index is 0.0687. The van der Waals surface area contributed by atoms with E-state index in [4.69, 9.17) is 5.11 Å². The van der Waals surface area contributed by atoms with Crippen molar-refractivity contribution in [2.75, 3.05) is 13.1 Å². The molecule has 0 aliphatic carbocycles. The molecule has 2 atom stereocenters. The lowest BCUT2D eigenvalue weighted by Crippen LogP contribution is -2.54. The molecule has 0 bridgehead atoms. The summed E-state index contributed by atoms with van der Waals surface area (Å²) in [6.45, 7) is 0.151. The van der Waals surface area contributed by atoms with Gasteiger partial charge in [0.15, 0.2) is 0 Å². The maximum absolute atomic E-state index is 10.8. The number of hydrogen-bond donors (Lipinski definition) is 3. The second kappa shape index (κ2) is 4.35. The van der Waals surface area contributed by atoms with Crippen molar-refractivity contribution in [2.45, 2.75) is 18.1 Å². The molecule has 1 fully saturated rings. The van der Waals surface area contributed by atoms with Crippen molar-refractivity contribution in [1.82, 2.24) is 4.90 Å². The number of carboxylic acid groups (broad SMARTS) is 1. The van der Waals surface area contributed by atoms with Crippen LogP contribution in [-0.4, -0.2) is 45.5 Å². The van der Waals surface area contributed by atoms with Gasteiger partial charge in [0.25, 0.3) is 0 Å². The topological polar surface area (TPSA) is 81.0 Å². The van der Waals surface area contributed by atoms with Gasteiger partial charge in [-0.3, -0.25) is 0 Å². The van der Waals surface area contributed by atoms with E-state index in [9.17, 15) is 15.0 Å². The van der Waals surface area contributed by atoms with Gasteiger partial charge in [0.1, 0.15) is 11.7 Å². The van der Waals surface area contributed by atoms with Gasteiger partial charge in [-0.1, -0.05) is 30.3 Å². The SMILES string of the molecule is O=C(O)N1CC[C@](O)(c2ccccc2)[C@@H](O)C1. The fraction of sp³-hybridized carbons (Fsp3) is 0.417. The Balaban J connectivity index is 2.21. The van der Waals surface area contributed by atoms with Crippen molar-refractivity contribution in [2.24, 2.45) is 0 Å². The Labute approximate surface area is 98.9 Å². The lowest BCUT2D eigenvalue weighted by Gasteiger charge is -2.41. The molecule has 1 aromatic carbocycles. The Bertz CT molecular complexity index is 408. The van der Waals surface area contributed by atoms with Crippen molar-refractivity contribution in [3.8, 4) is 0 Å². The number of carbonyl (C=O) groups is 1. The van der Waals surface area contributed by atoms with Crippen molar-refractivity contribution in [3.63, 3.8) is 0 Å². The van der Waals surface area contributed by atoms with E-state index in [2.05, 4.69) is 0 Å². The van der Waals surface area contributed by atoms with Gasteiger partial charge in [-0.15, -0.1) is 0 Å². The summed E-state index contributed by atoms with van der Waals surface area (Å²) >= 11 is 0. The summed E-state index contributed by atoms with van der Waals surface area (Å²) < 4.78 is 0. The monoisotopic (exact) mass is 237 g/mol. The van der Waals surface area contributed by atoms with Crippen LogP contribution in [0.25, 0.3) is 0 Å². The highest BCUT2D eigenvalue weighted by molar-refractivity contribution is 5.65. The molecule has 1 aliphatic rings. The third-order valence-electron chi connectivity index (χ3n) is 3.25. The molecular weight excluding hydrogens is 222 g/mol. The summed E-state index contributed by atoms with van der Waals surface area (Å²) in [5.74, 6) is 0. The first-order valence-corrected chi connectivity index (χ1v) is 5.48. The number of benzene rings is 1. The molecule has 2 rings (SSSR count). The maximum Gasteiger partial charge on any atom is 0.407 e. The van der Waals surface area contributed by atoms with Crippen LogP contribution in [0.15, 0.2) is 30.3 Å². The summed E-state index contributed by atoms with van der Waals surface area (Å²) in [5, 5.41) is 29.2. The van der Waals surface area contributed by atoms with Crippen LogP contribution in [-0.2, 0) is 5.60 Å². The van der Waals surface area contributed by atoms with Gasteiger partial charge in [0.05, 0.1) is 6.54 Å². The van der Waals surface area contributed by atoms with Gasteiger partial charge in [-0.05, 0) is 5.56 Å². The number of rotatable bonds is 1. The van der Waals surface area contributed by atoms with E-state index < -0.39 is 17.8 Å². The molecule has 17 heavy (non-hydrogen) atoms. The highest BCUT2D eigenvalue weighted by Gasteiger charge is 2.43. The standard InChI is InChI=1S/C12H15NO4/c14-10-8-13(11(15)16)7-6-12(10,17)9-4-2-1-3-5-9/h1-5,10,14,17H,6-8H2,(H,15,16)/t10-,12-/m0/s1. The highest BCUT2D eigenvalue weighted by atomic mass is 16.4. The van der Waals surface area contributed by atoms with Gasteiger partial charge < -0.3 is 20.2 Å². The molecule has 5 heteroatoms. The third kappa shape index (κ3) is 2.11. The lowest BCUT2D eigenvalue weighted by molar-refractivity contribution is -0.119. The van der Waals surface area contributed by atoms with E-state index in [1.54, 1.807) is 24.3 Å². The Morgan fingerprint density at radius 2 is 2.00 bits per heavy atom. The van der Waals surface area contributed by atoms with E-state index in [1.807, 2.05) is 6.07 Å². The van der Waals surface area contributed by atoms with Crippen molar-refractivity contribution in [1.29, 1.82) is 0 Å². The molecule has 1 aliphatic heterocycles. The van der Waals surface area contributed by atoms with Crippen molar-refractivity contribution in [3.05, 3.63) is 35.9 Å².